The maximum Gasteiger partial charge on any atom is 0.349 e. The number of esters is 6. The van der Waals surface area contributed by atoms with Crippen molar-refractivity contribution in [1.82, 2.24) is 0 Å². The summed E-state index contributed by atoms with van der Waals surface area (Å²) in [5.74, 6) is -10.1. The largest absolute Gasteiger partial charge is 0.478 e. The van der Waals surface area contributed by atoms with E-state index in [1.807, 2.05) is 0 Å². The fourth-order valence-corrected chi connectivity index (χ4v) is 3.34. The van der Waals surface area contributed by atoms with Gasteiger partial charge in [-0.2, -0.15) is 0 Å². The maximum atomic E-state index is 12.4. The number of hydrogen-bond acceptors (Lipinski definition) is 14. The van der Waals surface area contributed by atoms with Crippen molar-refractivity contribution in [2.24, 2.45) is 0 Å². The van der Waals surface area contributed by atoms with Crippen molar-refractivity contribution in [3.8, 4) is 23.0 Å². The van der Waals surface area contributed by atoms with Gasteiger partial charge in [0.25, 0.3) is 0 Å². The lowest BCUT2D eigenvalue weighted by Gasteiger charge is -2.19. The maximum absolute atomic E-state index is 12.4. The Kier molecular flexibility index (Phi) is 12.9. The number of ether oxygens (including phenoxy) is 6. The van der Waals surface area contributed by atoms with Crippen molar-refractivity contribution in [2.45, 2.75) is 39.9 Å². The van der Waals surface area contributed by atoms with Crippen molar-refractivity contribution in [3.05, 3.63) is 59.7 Å². The lowest BCUT2D eigenvalue weighted by molar-refractivity contribution is -0.183. The number of benzene rings is 2. The molecule has 16 heteroatoms. The smallest absolute Gasteiger partial charge is 0.349 e. The molecule has 0 spiro atoms. The zero-order valence-electron chi connectivity index (χ0n) is 24.5. The van der Waals surface area contributed by atoms with Crippen LogP contribution in [0.15, 0.2) is 48.6 Å². The highest BCUT2D eigenvalue weighted by atomic mass is 16.6. The van der Waals surface area contributed by atoms with Crippen LogP contribution < -0.4 is 18.9 Å². The molecule has 2 N–H and O–H groups in total. The minimum atomic E-state index is -2.49. The van der Waals surface area contributed by atoms with Crippen LogP contribution in [-0.4, -0.2) is 70.2 Å². The minimum absolute atomic E-state index is 0.0996. The molecule has 0 saturated carbocycles. The first-order chi connectivity index (χ1) is 21.5. The quantitative estimate of drug-likeness (QED) is 0.181. The summed E-state index contributed by atoms with van der Waals surface area (Å²) in [6.45, 7) is 4.43. The highest BCUT2D eigenvalue weighted by molar-refractivity contribution is 5.94. The zero-order chi connectivity index (χ0) is 34.6. The molecule has 0 amide bonds. The number of aliphatic carboxylic acids is 2. The molecule has 16 nitrogen and oxygen atoms in total. The Balaban J connectivity index is 2.20. The SMILES string of the molecule is CC(=O)Oc1ccc(/C=C/C(=O)O[C@H](C(=O)O)[C@H](OC(=O)/C=C/c2ccc(OC(C)=O)c(OC(C)=O)c2)C(=O)O)cc1OC(C)=O. The highest BCUT2D eigenvalue weighted by Gasteiger charge is 2.40. The normalized spacial score (nSPS) is 12.0. The third kappa shape index (κ3) is 11.8. The van der Waals surface area contributed by atoms with Gasteiger partial charge in [0.05, 0.1) is 0 Å². The molecule has 2 aromatic rings. The van der Waals surface area contributed by atoms with Crippen LogP contribution in [0.5, 0.6) is 23.0 Å². The minimum Gasteiger partial charge on any atom is -0.478 e. The Hall–Kier alpha value is -6.32. The summed E-state index contributed by atoms with van der Waals surface area (Å²) in [6.07, 6.45) is -1.37. The number of carboxylic acids is 2. The molecular weight excluding hydrogens is 616 g/mol. The van der Waals surface area contributed by atoms with Crippen molar-refractivity contribution in [2.75, 3.05) is 0 Å². The lowest BCUT2D eigenvalue weighted by Crippen LogP contribution is -2.45. The number of rotatable bonds is 13. The second kappa shape index (κ2) is 16.5. The molecule has 2 atom stereocenters. The molecule has 0 aromatic heterocycles. The van der Waals surface area contributed by atoms with Crippen LogP contribution in [0.2, 0.25) is 0 Å². The number of carbonyl (C=O) groups is 8. The first kappa shape index (κ1) is 35.9. The van der Waals surface area contributed by atoms with E-state index >= 15 is 0 Å². The van der Waals surface area contributed by atoms with Crippen molar-refractivity contribution in [1.29, 1.82) is 0 Å². The van der Waals surface area contributed by atoms with Crippen molar-refractivity contribution in [3.63, 3.8) is 0 Å². The Bertz CT molecular complexity index is 1500. The van der Waals surface area contributed by atoms with Gasteiger partial charge in [0.2, 0.25) is 12.2 Å². The van der Waals surface area contributed by atoms with E-state index in [9.17, 15) is 48.6 Å². The molecule has 0 fully saturated rings. The average molecular weight is 643 g/mol. The summed E-state index contributed by atoms with van der Waals surface area (Å²) in [5.41, 5.74) is 0.389. The number of carbonyl (C=O) groups excluding carboxylic acids is 6. The summed E-state index contributed by atoms with van der Waals surface area (Å²) in [4.78, 5) is 93.7. The van der Waals surface area contributed by atoms with Crippen LogP contribution in [0.3, 0.4) is 0 Å². The number of carboxylic acid groups (broad SMARTS) is 2. The topological polar surface area (TPSA) is 232 Å². The first-order valence-electron chi connectivity index (χ1n) is 12.8. The summed E-state index contributed by atoms with van der Waals surface area (Å²) >= 11 is 0. The van der Waals surface area contributed by atoms with E-state index in [-0.39, 0.29) is 34.1 Å². The van der Waals surface area contributed by atoms with Crippen molar-refractivity contribution >= 4 is 59.9 Å². The van der Waals surface area contributed by atoms with E-state index in [1.54, 1.807) is 0 Å². The molecule has 0 aliphatic heterocycles. The van der Waals surface area contributed by atoms with E-state index in [2.05, 4.69) is 0 Å². The van der Waals surface area contributed by atoms with Crippen LogP contribution in [0.25, 0.3) is 12.2 Å². The summed E-state index contributed by atoms with van der Waals surface area (Å²) < 4.78 is 29.3. The van der Waals surface area contributed by atoms with Gasteiger partial charge in [-0.3, -0.25) is 19.2 Å². The van der Waals surface area contributed by atoms with Gasteiger partial charge in [0, 0.05) is 39.8 Å². The van der Waals surface area contributed by atoms with E-state index in [4.69, 9.17) is 28.4 Å². The van der Waals surface area contributed by atoms with Gasteiger partial charge in [-0.05, 0) is 47.5 Å². The van der Waals surface area contributed by atoms with Gasteiger partial charge in [-0.1, -0.05) is 12.1 Å². The second-order valence-corrected chi connectivity index (χ2v) is 8.85. The van der Waals surface area contributed by atoms with Crippen LogP contribution in [0.4, 0.5) is 0 Å². The van der Waals surface area contributed by atoms with Gasteiger partial charge in [-0.15, -0.1) is 0 Å². The lowest BCUT2D eigenvalue weighted by atomic mass is 10.1. The van der Waals surface area contributed by atoms with Crippen LogP contribution >= 0.6 is 0 Å². The Morgan fingerprint density at radius 1 is 0.522 bits per heavy atom. The third-order valence-electron chi connectivity index (χ3n) is 5.02. The summed E-state index contributed by atoms with van der Waals surface area (Å²) in [5, 5.41) is 19.0. The van der Waals surface area contributed by atoms with Crippen molar-refractivity contribution < 1.29 is 77.0 Å². The molecular formula is C30H26O16. The summed E-state index contributed by atoms with van der Waals surface area (Å²) in [6, 6.07) is 7.62. The molecule has 2 aromatic carbocycles. The fraction of sp³-hybridized carbons (Fsp3) is 0.200. The van der Waals surface area contributed by atoms with E-state index in [1.165, 1.54) is 36.4 Å². The monoisotopic (exact) mass is 642 g/mol. The van der Waals surface area contributed by atoms with Gasteiger partial charge in [0.1, 0.15) is 0 Å². The van der Waals surface area contributed by atoms with Gasteiger partial charge in [-0.25, -0.2) is 19.2 Å². The van der Waals surface area contributed by atoms with Gasteiger partial charge in [0.15, 0.2) is 23.0 Å². The Morgan fingerprint density at radius 3 is 1.11 bits per heavy atom. The molecule has 242 valence electrons. The van der Waals surface area contributed by atoms with E-state index in [0.29, 0.717) is 0 Å². The van der Waals surface area contributed by atoms with E-state index < -0.39 is 60.0 Å². The molecule has 0 unspecified atom stereocenters. The van der Waals surface area contributed by atoms with Crippen LogP contribution in [-0.2, 0) is 47.8 Å². The fourth-order valence-electron chi connectivity index (χ4n) is 3.34. The second-order valence-electron chi connectivity index (χ2n) is 8.85. The third-order valence-corrected chi connectivity index (χ3v) is 5.02. The highest BCUT2D eigenvalue weighted by Crippen LogP contribution is 2.30. The predicted octanol–water partition coefficient (Wildman–Crippen LogP) is 2.11. The van der Waals surface area contributed by atoms with Crippen LogP contribution in [0.1, 0.15) is 38.8 Å². The molecule has 0 saturated heterocycles. The Labute approximate surface area is 259 Å². The van der Waals surface area contributed by atoms with E-state index in [0.717, 1.165) is 52.0 Å². The zero-order valence-corrected chi connectivity index (χ0v) is 24.5. The standard InChI is InChI=1S/C30H26O16/c1-15(31)41-21-9-5-19(13-23(21)43-17(3)33)7-11-25(35)45-27(29(37)38)28(30(39)40)46-26(36)12-8-20-6-10-22(42-16(2)32)24(14-20)44-18(4)34/h5-14,27-28H,1-4H3,(H,37,38)(H,39,40)/b11-7+,12-8+/t27-,28-/m0/s1. The summed E-state index contributed by atoms with van der Waals surface area (Å²) in [7, 11) is 0. The molecule has 46 heavy (non-hydrogen) atoms. The molecule has 0 aliphatic rings. The van der Waals surface area contributed by atoms with Gasteiger partial charge >= 0.3 is 47.8 Å². The first-order valence-corrected chi connectivity index (χ1v) is 12.8. The predicted molar refractivity (Wildman–Crippen MR) is 151 cm³/mol. The molecule has 0 radical (unpaired) electrons. The van der Waals surface area contributed by atoms with Crippen LogP contribution in [0, 0.1) is 0 Å². The number of hydrogen-bond donors (Lipinski definition) is 2. The molecule has 0 heterocycles. The molecule has 2 rings (SSSR count). The Morgan fingerprint density at radius 2 is 0.826 bits per heavy atom. The van der Waals surface area contributed by atoms with Gasteiger partial charge < -0.3 is 38.6 Å². The molecule has 0 bridgehead atoms. The molecule has 0 aliphatic carbocycles. The average Bonchev–Trinajstić information content (AvgIpc) is 2.93.